The first kappa shape index (κ1) is 13.1. The fraction of sp³-hybridized carbons (Fsp3) is 0.500. The molecule has 1 aromatic carbocycles. The molecule has 2 N–H and O–H groups in total. The first-order valence-corrected chi connectivity index (χ1v) is 7.21. The lowest BCUT2D eigenvalue weighted by Gasteiger charge is -2.45. The number of rotatable bonds is 3. The average Bonchev–Trinajstić information content (AvgIpc) is 2.45. The fourth-order valence-corrected chi connectivity index (χ4v) is 3.26. The van der Waals surface area contributed by atoms with Crippen LogP contribution in [0.15, 0.2) is 30.3 Å². The number of benzene rings is 1. The van der Waals surface area contributed by atoms with E-state index in [1.165, 1.54) is 0 Å². The summed E-state index contributed by atoms with van der Waals surface area (Å²) in [7, 11) is 0. The fourth-order valence-electron chi connectivity index (χ4n) is 3.26. The second kappa shape index (κ2) is 5.26. The van der Waals surface area contributed by atoms with Crippen LogP contribution in [-0.4, -0.2) is 24.5 Å². The lowest BCUT2D eigenvalue weighted by molar-refractivity contribution is -0.122. The number of nitriles is 1. The van der Waals surface area contributed by atoms with Gasteiger partial charge in [-0.3, -0.25) is 4.79 Å². The molecule has 1 atom stereocenters. The van der Waals surface area contributed by atoms with E-state index in [-0.39, 0.29) is 11.3 Å². The van der Waals surface area contributed by atoms with Crippen molar-refractivity contribution in [3.63, 3.8) is 0 Å². The third-order valence-corrected chi connectivity index (χ3v) is 4.47. The van der Waals surface area contributed by atoms with Gasteiger partial charge >= 0.3 is 0 Å². The number of piperidine rings is 1. The minimum absolute atomic E-state index is 0.146. The zero-order valence-corrected chi connectivity index (χ0v) is 11.4. The molecule has 0 bridgehead atoms. The van der Waals surface area contributed by atoms with Gasteiger partial charge in [-0.2, -0.15) is 5.26 Å². The van der Waals surface area contributed by atoms with Crippen molar-refractivity contribution >= 4 is 5.91 Å². The lowest BCUT2D eigenvalue weighted by atomic mass is 9.62. The van der Waals surface area contributed by atoms with Gasteiger partial charge in [0.2, 0.25) is 5.91 Å². The summed E-state index contributed by atoms with van der Waals surface area (Å²) in [4.78, 5) is 11.1. The highest BCUT2D eigenvalue weighted by Crippen LogP contribution is 2.43. The summed E-state index contributed by atoms with van der Waals surface area (Å²) in [6.07, 6.45) is 3.22. The Bertz CT molecular complexity index is 518. The van der Waals surface area contributed by atoms with E-state index < -0.39 is 0 Å². The normalized spacial score (nSPS) is 32.9. The molecule has 1 aliphatic heterocycles. The summed E-state index contributed by atoms with van der Waals surface area (Å²) in [6.45, 7) is 0.709. The molecule has 1 unspecified atom stereocenters. The minimum Gasteiger partial charge on any atom is -0.355 e. The maximum Gasteiger partial charge on any atom is 0.220 e. The van der Waals surface area contributed by atoms with E-state index in [1.807, 2.05) is 30.3 Å². The Morgan fingerprint density at radius 3 is 2.60 bits per heavy atom. The van der Waals surface area contributed by atoms with E-state index in [0.717, 1.165) is 24.8 Å². The molecule has 2 fully saturated rings. The molecule has 20 heavy (non-hydrogen) atoms. The molecule has 1 saturated carbocycles. The van der Waals surface area contributed by atoms with Gasteiger partial charge in [-0.25, -0.2) is 0 Å². The number of nitrogens with zero attached hydrogens (tertiary/aromatic N) is 1. The summed E-state index contributed by atoms with van der Waals surface area (Å²) in [5.74, 6) is 0.146. The average molecular weight is 269 g/mol. The maximum absolute atomic E-state index is 11.1. The number of carbonyl (C=O) groups is 1. The van der Waals surface area contributed by atoms with Crippen molar-refractivity contribution in [2.75, 3.05) is 6.54 Å². The quantitative estimate of drug-likeness (QED) is 0.873. The van der Waals surface area contributed by atoms with Gasteiger partial charge < -0.3 is 10.6 Å². The van der Waals surface area contributed by atoms with Gasteiger partial charge in [0.1, 0.15) is 0 Å². The molecular formula is C16H19N3O. The van der Waals surface area contributed by atoms with Crippen LogP contribution in [0.1, 0.15) is 31.2 Å². The van der Waals surface area contributed by atoms with Gasteiger partial charge in [-0.05, 0) is 24.8 Å². The predicted octanol–water partition coefficient (Wildman–Crippen LogP) is 1.48. The summed E-state index contributed by atoms with van der Waals surface area (Å²) in [5, 5.41) is 16.0. The third kappa shape index (κ3) is 2.41. The summed E-state index contributed by atoms with van der Waals surface area (Å²) in [6, 6.07) is 13.3. The van der Waals surface area contributed by atoms with Crippen molar-refractivity contribution in [2.45, 2.75) is 43.2 Å². The Labute approximate surface area is 119 Å². The molecule has 2 aliphatic rings. The van der Waals surface area contributed by atoms with Crippen LogP contribution in [-0.2, 0) is 10.2 Å². The number of carbonyl (C=O) groups excluding carboxylic acids is 1. The summed E-state index contributed by atoms with van der Waals surface area (Å²) in [5.41, 5.74) is 0.800. The van der Waals surface area contributed by atoms with Crippen LogP contribution in [0.2, 0.25) is 0 Å². The molecule has 104 valence electrons. The maximum atomic E-state index is 11.1. The van der Waals surface area contributed by atoms with Crippen LogP contribution >= 0.6 is 0 Å². The first-order valence-electron chi connectivity index (χ1n) is 7.21. The van der Waals surface area contributed by atoms with Gasteiger partial charge in [0.25, 0.3) is 0 Å². The Balaban J connectivity index is 1.57. The molecule has 4 nitrogen and oxygen atoms in total. The Kier molecular flexibility index (Phi) is 3.45. The van der Waals surface area contributed by atoms with E-state index in [9.17, 15) is 10.1 Å². The lowest BCUT2D eigenvalue weighted by Crippen LogP contribution is -2.57. The zero-order valence-electron chi connectivity index (χ0n) is 11.4. The highest BCUT2D eigenvalue weighted by molar-refractivity contribution is 5.76. The van der Waals surface area contributed by atoms with Crippen molar-refractivity contribution < 1.29 is 4.79 Å². The Hall–Kier alpha value is -1.86. The predicted molar refractivity (Wildman–Crippen MR) is 75.9 cm³/mol. The van der Waals surface area contributed by atoms with E-state index in [1.54, 1.807) is 0 Å². The molecule has 1 aromatic rings. The van der Waals surface area contributed by atoms with Crippen LogP contribution in [0.25, 0.3) is 0 Å². The zero-order chi connectivity index (χ0) is 14.0. The highest BCUT2D eigenvalue weighted by Gasteiger charge is 2.46. The molecule has 1 amide bonds. The number of hydrogen-bond donors (Lipinski definition) is 2. The van der Waals surface area contributed by atoms with Crippen molar-refractivity contribution in [2.24, 2.45) is 0 Å². The smallest absolute Gasteiger partial charge is 0.220 e. The second-order valence-corrected chi connectivity index (χ2v) is 5.87. The monoisotopic (exact) mass is 269 g/mol. The summed E-state index contributed by atoms with van der Waals surface area (Å²) >= 11 is 0. The number of nitrogens with one attached hydrogen (secondary N) is 2. The van der Waals surface area contributed by atoms with Gasteiger partial charge in [-0.15, -0.1) is 0 Å². The van der Waals surface area contributed by atoms with Crippen molar-refractivity contribution in [3.8, 4) is 6.07 Å². The largest absolute Gasteiger partial charge is 0.355 e. The van der Waals surface area contributed by atoms with Gasteiger partial charge in [0, 0.05) is 25.0 Å². The molecule has 1 saturated heterocycles. The van der Waals surface area contributed by atoms with E-state index in [0.29, 0.717) is 25.0 Å². The number of amides is 1. The molecule has 1 aliphatic carbocycles. The third-order valence-electron chi connectivity index (χ3n) is 4.47. The highest BCUT2D eigenvalue weighted by atomic mass is 16.1. The molecular weight excluding hydrogens is 250 g/mol. The van der Waals surface area contributed by atoms with Crippen LogP contribution in [0, 0.1) is 11.3 Å². The molecule has 0 radical (unpaired) electrons. The van der Waals surface area contributed by atoms with Crippen molar-refractivity contribution in [1.29, 1.82) is 5.26 Å². The van der Waals surface area contributed by atoms with E-state index in [2.05, 4.69) is 16.7 Å². The minimum atomic E-state index is -0.323. The van der Waals surface area contributed by atoms with Crippen LogP contribution in [0.5, 0.6) is 0 Å². The van der Waals surface area contributed by atoms with Gasteiger partial charge in [0.05, 0.1) is 11.5 Å². The van der Waals surface area contributed by atoms with Crippen molar-refractivity contribution in [3.05, 3.63) is 35.9 Å². The standard InChI is InChI=1S/C16H19N3O/c17-11-16(12-4-2-1-3-5-12)8-14(9-16)19-13-6-7-15(20)18-10-13/h1-5,13-14,19H,6-10H2,(H,18,20). The second-order valence-electron chi connectivity index (χ2n) is 5.87. The van der Waals surface area contributed by atoms with Crippen LogP contribution in [0.3, 0.4) is 0 Å². The topological polar surface area (TPSA) is 64.9 Å². The summed E-state index contributed by atoms with van der Waals surface area (Å²) < 4.78 is 0. The van der Waals surface area contributed by atoms with E-state index >= 15 is 0 Å². The van der Waals surface area contributed by atoms with Gasteiger partial charge in [-0.1, -0.05) is 30.3 Å². The van der Waals surface area contributed by atoms with Crippen LogP contribution < -0.4 is 10.6 Å². The molecule has 3 rings (SSSR count). The first-order chi connectivity index (χ1) is 9.72. The SMILES string of the molecule is N#CC1(c2ccccc2)CC(NC2CCC(=O)NC2)C1. The number of hydrogen-bond acceptors (Lipinski definition) is 3. The van der Waals surface area contributed by atoms with E-state index in [4.69, 9.17) is 0 Å². The van der Waals surface area contributed by atoms with Crippen molar-refractivity contribution in [1.82, 2.24) is 10.6 Å². The molecule has 0 aromatic heterocycles. The van der Waals surface area contributed by atoms with Gasteiger partial charge in [0.15, 0.2) is 0 Å². The molecule has 1 heterocycles. The molecule has 4 heteroatoms. The Morgan fingerprint density at radius 1 is 1.25 bits per heavy atom. The Morgan fingerprint density at radius 2 is 2.00 bits per heavy atom. The molecule has 0 spiro atoms. The van der Waals surface area contributed by atoms with Crippen LogP contribution in [0.4, 0.5) is 0 Å².